The van der Waals surface area contributed by atoms with Crippen molar-refractivity contribution in [1.29, 1.82) is 0 Å². The highest BCUT2D eigenvalue weighted by atomic mass is 16.5. The second kappa shape index (κ2) is 7.11. The summed E-state index contributed by atoms with van der Waals surface area (Å²) in [6.07, 6.45) is 3.61. The van der Waals surface area contributed by atoms with Crippen LogP contribution in [-0.4, -0.2) is 30.2 Å². The fraction of sp³-hybridized carbons (Fsp3) is 0.500. The van der Waals surface area contributed by atoms with E-state index in [1.54, 1.807) is 0 Å². The van der Waals surface area contributed by atoms with Gasteiger partial charge >= 0.3 is 0 Å². The first-order valence-corrected chi connectivity index (χ1v) is 6.80. The zero-order valence-corrected chi connectivity index (χ0v) is 11.0. The monoisotopic (exact) mass is 263 g/mol. The summed E-state index contributed by atoms with van der Waals surface area (Å²) in [5.74, 6) is 0.0662. The van der Waals surface area contributed by atoms with Crippen molar-refractivity contribution < 1.29 is 10.0 Å². The maximum absolute atomic E-state index is 12.0. The number of unbranched alkanes of at least 4 members (excludes halogenated alkanes) is 2. The van der Waals surface area contributed by atoms with Gasteiger partial charge in [0.1, 0.15) is 6.04 Å². The lowest BCUT2D eigenvalue weighted by Crippen LogP contribution is -2.38. The number of fused-ring (bicyclic) bond motifs is 1. The molecule has 1 heterocycles. The van der Waals surface area contributed by atoms with Crippen LogP contribution in [0.15, 0.2) is 24.3 Å². The van der Waals surface area contributed by atoms with Gasteiger partial charge in [0, 0.05) is 25.2 Å². The Morgan fingerprint density at radius 1 is 1.26 bits per heavy atom. The minimum Gasteiger partial charge on any atom is -0.373 e. The van der Waals surface area contributed by atoms with E-state index in [4.69, 9.17) is 5.21 Å². The van der Waals surface area contributed by atoms with E-state index in [0.29, 0.717) is 13.1 Å². The van der Waals surface area contributed by atoms with E-state index in [1.807, 2.05) is 18.2 Å². The number of para-hydroxylation sites is 1. The molecule has 0 radical (unpaired) electrons. The second-order valence-corrected chi connectivity index (χ2v) is 4.82. The summed E-state index contributed by atoms with van der Waals surface area (Å²) in [5.41, 5.74) is 4.40. The predicted molar refractivity (Wildman–Crippen MR) is 74.2 cm³/mol. The number of nitrogens with one attached hydrogen (secondary N) is 3. The number of hydroxylamine groups is 1. The van der Waals surface area contributed by atoms with Crippen molar-refractivity contribution in [3.05, 3.63) is 29.8 Å². The van der Waals surface area contributed by atoms with Crippen LogP contribution >= 0.6 is 0 Å². The van der Waals surface area contributed by atoms with Crippen molar-refractivity contribution in [2.45, 2.75) is 31.7 Å². The molecular weight excluding hydrogens is 242 g/mol. The van der Waals surface area contributed by atoms with Crippen LogP contribution in [0.4, 0.5) is 5.69 Å². The van der Waals surface area contributed by atoms with Crippen molar-refractivity contribution in [2.75, 3.05) is 18.4 Å². The molecule has 5 heteroatoms. The van der Waals surface area contributed by atoms with Gasteiger partial charge in [0.2, 0.25) is 5.91 Å². The van der Waals surface area contributed by atoms with E-state index in [1.165, 1.54) is 5.56 Å². The Kier molecular flexibility index (Phi) is 5.18. The topological polar surface area (TPSA) is 73.4 Å². The Hall–Kier alpha value is -1.59. The maximum Gasteiger partial charge on any atom is 0.242 e. The molecule has 1 aromatic rings. The van der Waals surface area contributed by atoms with Gasteiger partial charge in [-0.25, -0.2) is 5.48 Å². The summed E-state index contributed by atoms with van der Waals surface area (Å²) in [7, 11) is 0. The van der Waals surface area contributed by atoms with E-state index < -0.39 is 0 Å². The van der Waals surface area contributed by atoms with E-state index in [0.717, 1.165) is 31.4 Å². The van der Waals surface area contributed by atoms with Gasteiger partial charge in [0.15, 0.2) is 0 Å². The molecule has 1 aliphatic rings. The number of hydrogen-bond donors (Lipinski definition) is 4. The van der Waals surface area contributed by atoms with E-state index >= 15 is 0 Å². The van der Waals surface area contributed by atoms with E-state index in [9.17, 15) is 4.79 Å². The fourth-order valence-electron chi connectivity index (χ4n) is 2.30. The Morgan fingerprint density at radius 2 is 2.05 bits per heavy atom. The van der Waals surface area contributed by atoms with Gasteiger partial charge in [-0.05, 0) is 24.5 Å². The minimum absolute atomic E-state index is 0.0662. The van der Waals surface area contributed by atoms with Crippen molar-refractivity contribution in [2.24, 2.45) is 0 Å². The number of rotatable bonds is 7. The molecule has 19 heavy (non-hydrogen) atoms. The third kappa shape index (κ3) is 3.94. The third-order valence-corrected chi connectivity index (χ3v) is 3.35. The summed E-state index contributed by atoms with van der Waals surface area (Å²) in [5, 5.41) is 14.6. The van der Waals surface area contributed by atoms with Crippen molar-refractivity contribution in [3.63, 3.8) is 0 Å². The van der Waals surface area contributed by atoms with Gasteiger partial charge in [-0.3, -0.25) is 4.79 Å². The Morgan fingerprint density at radius 3 is 2.84 bits per heavy atom. The van der Waals surface area contributed by atoms with Crippen LogP contribution in [0, 0.1) is 0 Å². The SMILES string of the molecule is O=C(NCCCCCNO)C1Cc2ccccc2N1. The molecule has 0 saturated carbocycles. The predicted octanol–water partition coefficient (Wildman–Crippen LogP) is 1.29. The molecule has 0 aliphatic carbocycles. The smallest absolute Gasteiger partial charge is 0.242 e. The lowest BCUT2D eigenvalue weighted by Gasteiger charge is -2.11. The normalized spacial score (nSPS) is 16.8. The fourth-order valence-corrected chi connectivity index (χ4v) is 2.30. The number of carbonyl (C=O) groups excluding carboxylic acids is 1. The van der Waals surface area contributed by atoms with Crippen LogP contribution in [0.3, 0.4) is 0 Å². The molecule has 1 aliphatic heterocycles. The quantitative estimate of drug-likeness (QED) is 0.442. The molecule has 4 N–H and O–H groups in total. The molecule has 0 spiro atoms. The average molecular weight is 263 g/mol. The van der Waals surface area contributed by atoms with Gasteiger partial charge in [-0.15, -0.1) is 0 Å². The highest BCUT2D eigenvalue weighted by molar-refractivity contribution is 5.87. The number of anilines is 1. The summed E-state index contributed by atoms with van der Waals surface area (Å²) in [6, 6.07) is 7.88. The Bertz CT molecular complexity index is 398. The van der Waals surface area contributed by atoms with Gasteiger partial charge in [0.25, 0.3) is 0 Å². The van der Waals surface area contributed by atoms with Gasteiger partial charge in [0.05, 0.1) is 0 Å². The molecule has 104 valence electrons. The van der Waals surface area contributed by atoms with Crippen LogP contribution in [0.2, 0.25) is 0 Å². The highest BCUT2D eigenvalue weighted by Crippen LogP contribution is 2.24. The number of hydrogen-bond acceptors (Lipinski definition) is 4. The van der Waals surface area contributed by atoms with Crippen LogP contribution < -0.4 is 16.1 Å². The first-order valence-electron chi connectivity index (χ1n) is 6.80. The van der Waals surface area contributed by atoms with E-state index in [-0.39, 0.29) is 11.9 Å². The van der Waals surface area contributed by atoms with Crippen molar-refractivity contribution in [3.8, 4) is 0 Å². The maximum atomic E-state index is 12.0. The first-order chi connectivity index (χ1) is 9.31. The van der Waals surface area contributed by atoms with E-state index in [2.05, 4.69) is 22.2 Å². The third-order valence-electron chi connectivity index (χ3n) is 3.35. The van der Waals surface area contributed by atoms with Gasteiger partial charge in [-0.1, -0.05) is 24.6 Å². The van der Waals surface area contributed by atoms with Gasteiger partial charge in [-0.2, -0.15) is 0 Å². The largest absolute Gasteiger partial charge is 0.373 e. The van der Waals surface area contributed by atoms with Crippen LogP contribution in [0.25, 0.3) is 0 Å². The number of carbonyl (C=O) groups is 1. The lowest BCUT2D eigenvalue weighted by atomic mass is 10.1. The summed E-state index contributed by atoms with van der Waals surface area (Å²) in [4.78, 5) is 12.0. The minimum atomic E-state index is -0.142. The molecule has 1 amide bonds. The van der Waals surface area contributed by atoms with Gasteiger partial charge < -0.3 is 15.8 Å². The summed E-state index contributed by atoms with van der Waals surface area (Å²) < 4.78 is 0. The lowest BCUT2D eigenvalue weighted by molar-refractivity contribution is -0.121. The molecule has 2 rings (SSSR count). The molecule has 1 atom stereocenters. The molecule has 0 saturated heterocycles. The number of benzene rings is 1. The molecule has 0 fully saturated rings. The Labute approximate surface area is 113 Å². The van der Waals surface area contributed by atoms with Crippen LogP contribution in [0.1, 0.15) is 24.8 Å². The molecule has 0 bridgehead atoms. The van der Waals surface area contributed by atoms with Crippen LogP contribution in [0.5, 0.6) is 0 Å². The standard InChI is InChI=1S/C14H21N3O2/c18-14(15-8-4-1-5-9-16-19)13-10-11-6-2-3-7-12(11)17-13/h2-3,6-7,13,16-17,19H,1,4-5,8-10H2,(H,15,18). The second-order valence-electron chi connectivity index (χ2n) is 4.82. The molecule has 1 unspecified atom stereocenters. The number of amides is 1. The first kappa shape index (κ1) is 13.8. The highest BCUT2D eigenvalue weighted by Gasteiger charge is 2.25. The summed E-state index contributed by atoms with van der Waals surface area (Å²) >= 11 is 0. The van der Waals surface area contributed by atoms with Crippen LogP contribution in [-0.2, 0) is 11.2 Å². The Balaban J connectivity index is 1.66. The summed E-state index contributed by atoms with van der Waals surface area (Å²) in [6.45, 7) is 1.30. The average Bonchev–Trinajstić information content (AvgIpc) is 2.86. The van der Waals surface area contributed by atoms with Crippen molar-refractivity contribution >= 4 is 11.6 Å². The molecule has 0 aromatic heterocycles. The van der Waals surface area contributed by atoms with Crippen molar-refractivity contribution in [1.82, 2.24) is 10.8 Å². The molecular formula is C14H21N3O2. The zero-order valence-electron chi connectivity index (χ0n) is 11.0. The zero-order chi connectivity index (χ0) is 13.5. The molecule has 5 nitrogen and oxygen atoms in total. The molecule has 1 aromatic carbocycles.